The summed E-state index contributed by atoms with van der Waals surface area (Å²) < 4.78 is 0. The molecule has 0 unspecified atom stereocenters. The van der Waals surface area contributed by atoms with E-state index in [1.807, 2.05) is 6.92 Å². The minimum absolute atomic E-state index is 0.0311. The SMILES string of the molecule is CC(=O)N[C@@H]1CC[C@H](O)[C@@H](C)C1. The maximum absolute atomic E-state index is 10.7. The molecule has 1 aliphatic rings. The second-order valence-corrected chi connectivity index (χ2v) is 3.76. The highest BCUT2D eigenvalue weighted by Gasteiger charge is 2.25. The summed E-state index contributed by atoms with van der Waals surface area (Å²) in [5.74, 6) is 0.346. The van der Waals surface area contributed by atoms with Gasteiger partial charge in [-0.25, -0.2) is 0 Å². The van der Waals surface area contributed by atoms with Gasteiger partial charge in [-0.15, -0.1) is 0 Å². The van der Waals surface area contributed by atoms with Crippen LogP contribution in [0.25, 0.3) is 0 Å². The molecule has 70 valence electrons. The van der Waals surface area contributed by atoms with Gasteiger partial charge < -0.3 is 10.4 Å². The summed E-state index contributed by atoms with van der Waals surface area (Å²) in [7, 11) is 0. The lowest BCUT2D eigenvalue weighted by molar-refractivity contribution is -0.120. The van der Waals surface area contributed by atoms with Gasteiger partial charge in [0.1, 0.15) is 0 Å². The lowest BCUT2D eigenvalue weighted by Gasteiger charge is -2.31. The second kappa shape index (κ2) is 3.90. The van der Waals surface area contributed by atoms with E-state index < -0.39 is 0 Å². The Balaban J connectivity index is 2.35. The van der Waals surface area contributed by atoms with Crippen molar-refractivity contribution >= 4 is 5.91 Å². The Hall–Kier alpha value is -0.570. The number of hydrogen-bond donors (Lipinski definition) is 2. The van der Waals surface area contributed by atoms with Crippen LogP contribution in [0.15, 0.2) is 0 Å². The molecule has 0 aromatic carbocycles. The number of nitrogens with one attached hydrogen (secondary N) is 1. The molecule has 1 aliphatic carbocycles. The van der Waals surface area contributed by atoms with Crippen LogP contribution in [0.4, 0.5) is 0 Å². The molecule has 0 heterocycles. The number of hydrogen-bond acceptors (Lipinski definition) is 2. The van der Waals surface area contributed by atoms with Crippen molar-refractivity contribution in [3.05, 3.63) is 0 Å². The van der Waals surface area contributed by atoms with Crippen LogP contribution in [-0.2, 0) is 4.79 Å². The standard InChI is InChI=1S/C9H17NO2/c1-6-5-8(10-7(2)11)3-4-9(6)12/h6,8-9,12H,3-5H2,1-2H3,(H,10,11)/t6-,8+,9-/m0/s1. The average molecular weight is 171 g/mol. The van der Waals surface area contributed by atoms with Gasteiger partial charge in [-0.1, -0.05) is 6.92 Å². The Morgan fingerprint density at radius 2 is 2.17 bits per heavy atom. The molecular formula is C9H17NO2. The number of rotatable bonds is 1. The number of aliphatic hydroxyl groups is 1. The van der Waals surface area contributed by atoms with Gasteiger partial charge in [0, 0.05) is 13.0 Å². The molecular weight excluding hydrogens is 154 g/mol. The fourth-order valence-electron chi connectivity index (χ4n) is 1.80. The van der Waals surface area contributed by atoms with Gasteiger partial charge in [-0.3, -0.25) is 4.79 Å². The average Bonchev–Trinajstić information content (AvgIpc) is 1.96. The van der Waals surface area contributed by atoms with Crippen molar-refractivity contribution in [1.82, 2.24) is 5.32 Å². The molecule has 0 aromatic rings. The smallest absolute Gasteiger partial charge is 0.217 e. The summed E-state index contributed by atoms with van der Waals surface area (Å²) in [4.78, 5) is 10.7. The predicted octanol–water partition coefficient (Wildman–Crippen LogP) is 0.672. The lowest BCUT2D eigenvalue weighted by atomic mass is 9.84. The third-order valence-electron chi connectivity index (χ3n) is 2.53. The molecule has 0 aliphatic heterocycles. The van der Waals surface area contributed by atoms with E-state index in [-0.39, 0.29) is 18.1 Å². The van der Waals surface area contributed by atoms with E-state index in [1.165, 1.54) is 6.92 Å². The van der Waals surface area contributed by atoms with Gasteiger partial charge in [0.25, 0.3) is 0 Å². The molecule has 1 rings (SSSR count). The van der Waals surface area contributed by atoms with Gasteiger partial charge >= 0.3 is 0 Å². The molecule has 12 heavy (non-hydrogen) atoms. The molecule has 0 saturated heterocycles. The molecule has 0 radical (unpaired) electrons. The topological polar surface area (TPSA) is 49.3 Å². The van der Waals surface area contributed by atoms with Crippen LogP contribution in [0.3, 0.4) is 0 Å². The van der Waals surface area contributed by atoms with E-state index in [1.54, 1.807) is 0 Å². The Kier molecular flexibility index (Phi) is 3.09. The molecule has 3 heteroatoms. The zero-order valence-electron chi connectivity index (χ0n) is 7.71. The Bertz CT molecular complexity index is 170. The minimum atomic E-state index is -0.171. The van der Waals surface area contributed by atoms with E-state index in [0.717, 1.165) is 19.3 Å². The van der Waals surface area contributed by atoms with Crippen molar-refractivity contribution in [3.8, 4) is 0 Å². The van der Waals surface area contributed by atoms with Crippen LogP contribution in [0.1, 0.15) is 33.1 Å². The zero-order chi connectivity index (χ0) is 9.14. The Morgan fingerprint density at radius 1 is 1.50 bits per heavy atom. The summed E-state index contributed by atoms with van der Waals surface area (Å²) in [6, 6.07) is 0.279. The molecule has 0 spiro atoms. The minimum Gasteiger partial charge on any atom is -0.393 e. The third kappa shape index (κ3) is 2.48. The summed E-state index contributed by atoms with van der Waals surface area (Å²) >= 11 is 0. The van der Waals surface area contributed by atoms with Crippen LogP contribution in [0.5, 0.6) is 0 Å². The molecule has 3 atom stereocenters. The first-order valence-electron chi connectivity index (χ1n) is 4.54. The summed E-state index contributed by atoms with van der Waals surface area (Å²) in [6.45, 7) is 3.56. The van der Waals surface area contributed by atoms with Gasteiger partial charge in [-0.2, -0.15) is 0 Å². The summed E-state index contributed by atoms with van der Waals surface area (Å²) in [5, 5.41) is 12.3. The zero-order valence-corrected chi connectivity index (χ0v) is 7.71. The van der Waals surface area contributed by atoms with Crippen molar-refractivity contribution < 1.29 is 9.90 Å². The van der Waals surface area contributed by atoms with Crippen LogP contribution >= 0.6 is 0 Å². The first-order chi connectivity index (χ1) is 5.59. The second-order valence-electron chi connectivity index (χ2n) is 3.76. The van der Waals surface area contributed by atoms with Crippen molar-refractivity contribution in [2.75, 3.05) is 0 Å². The van der Waals surface area contributed by atoms with Crippen molar-refractivity contribution in [2.24, 2.45) is 5.92 Å². The van der Waals surface area contributed by atoms with Crippen LogP contribution in [0, 0.1) is 5.92 Å². The van der Waals surface area contributed by atoms with Crippen molar-refractivity contribution in [1.29, 1.82) is 0 Å². The predicted molar refractivity (Wildman–Crippen MR) is 46.6 cm³/mol. The van der Waals surface area contributed by atoms with Gasteiger partial charge in [0.05, 0.1) is 6.10 Å². The van der Waals surface area contributed by atoms with Crippen LogP contribution in [-0.4, -0.2) is 23.2 Å². The van der Waals surface area contributed by atoms with Gasteiger partial charge in [0.2, 0.25) is 5.91 Å². The Labute approximate surface area is 73.2 Å². The number of carbonyl (C=O) groups is 1. The van der Waals surface area contributed by atoms with Crippen LogP contribution in [0.2, 0.25) is 0 Å². The molecule has 1 saturated carbocycles. The highest BCUT2D eigenvalue weighted by atomic mass is 16.3. The molecule has 3 nitrogen and oxygen atoms in total. The van der Waals surface area contributed by atoms with E-state index in [0.29, 0.717) is 5.92 Å². The molecule has 1 fully saturated rings. The maximum atomic E-state index is 10.7. The van der Waals surface area contributed by atoms with E-state index >= 15 is 0 Å². The van der Waals surface area contributed by atoms with E-state index in [4.69, 9.17) is 0 Å². The van der Waals surface area contributed by atoms with E-state index in [9.17, 15) is 9.90 Å². The number of carbonyl (C=O) groups excluding carboxylic acids is 1. The normalized spacial score (nSPS) is 36.1. The van der Waals surface area contributed by atoms with Crippen molar-refractivity contribution in [3.63, 3.8) is 0 Å². The number of aliphatic hydroxyl groups excluding tert-OH is 1. The maximum Gasteiger partial charge on any atom is 0.217 e. The first-order valence-corrected chi connectivity index (χ1v) is 4.54. The fourth-order valence-corrected chi connectivity index (χ4v) is 1.80. The molecule has 2 N–H and O–H groups in total. The van der Waals surface area contributed by atoms with E-state index in [2.05, 4.69) is 5.32 Å². The fraction of sp³-hybridized carbons (Fsp3) is 0.889. The summed E-state index contributed by atoms with van der Waals surface area (Å²) in [5.41, 5.74) is 0. The molecule has 1 amide bonds. The number of amides is 1. The monoisotopic (exact) mass is 171 g/mol. The third-order valence-corrected chi connectivity index (χ3v) is 2.53. The largest absolute Gasteiger partial charge is 0.393 e. The van der Waals surface area contributed by atoms with Gasteiger partial charge in [0.15, 0.2) is 0 Å². The highest BCUT2D eigenvalue weighted by molar-refractivity contribution is 5.73. The first kappa shape index (κ1) is 9.52. The lowest BCUT2D eigenvalue weighted by Crippen LogP contribution is -2.40. The summed E-state index contributed by atoms with van der Waals surface area (Å²) in [6.07, 6.45) is 2.45. The highest BCUT2D eigenvalue weighted by Crippen LogP contribution is 2.23. The Morgan fingerprint density at radius 3 is 2.67 bits per heavy atom. The van der Waals surface area contributed by atoms with Crippen LogP contribution < -0.4 is 5.32 Å². The molecule has 0 bridgehead atoms. The van der Waals surface area contributed by atoms with Gasteiger partial charge in [-0.05, 0) is 25.2 Å². The van der Waals surface area contributed by atoms with Crippen molar-refractivity contribution in [2.45, 2.75) is 45.3 Å². The quantitative estimate of drug-likeness (QED) is 0.609. The molecule has 0 aromatic heterocycles.